The van der Waals surface area contributed by atoms with Crippen molar-refractivity contribution in [3.8, 4) is 0 Å². The van der Waals surface area contributed by atoms with Gasteiger partial charge >= 0.3 is 6.03 Å². The standard InChI is InChI=1S/C17H25N3O2/c1-13-8-10-19(11-13)15-6-4-14(5-7-15)18-17(22)20-9-2-3-16(20)12-21/h4-7,13,16,21H,2-3,8-12H2,1H3,(H,18,22)/t13?,16-/m1/s1. The molecule has 22 heavy (non-hydrogen) atoms. The number of amides is 2. The van der Waals surface area contributed by atoms with Crippen molar-refractivity contribution in [2.75, 3.05) is 36.5 Å². The van der Waals surface area contributed by atoms with E-state index >= 15 is 0 Å². The first-order chi connectivity index (χ1) is 10.7. The lowest BCUT2D eigenvalue weighted by atomic mass is 10.2. The maximum Gasteiger partial charge on any atom is 0.322 e. The van der Waals surface area contributed by atoms with Crippen molar-refractivity contribution >= 4 is 17.4 Å². The highest BCUT2D eigenvalue weighted by atomic mass is 16.3. The Bertz CT molecular complexity index is 517. The van der Waals surface area contributed by atoms with Crippen molar-refractivity contribution in [2.45, 2.75) is 32.2 Å². The molecule has 0 aromatic heterocycles. The molecule has 0 aliphatic carbocycles. The number of hydrogen-bond acceptors (Lipinski definition) is 3. The van der Waals surface area contributed by atoms with E-state index in [2.05, 4.69) is 29.3 Å². The molecule has 2 aliphatic rings. The Kier molecular flexibility index (Phi) is 4.52. The molecular weight excluding hydrogens is 278 g/mol. The summed E-state index contributed by atoms with van der Waals surface area (Å²) in [6.07, 6.45) is 3.09. The molecule has 5 nitrogen and oxygen atoms in total. The summed E-state index contributed by atoms with van der Waals surface area (Å²) in [5.74, 6) is 0.755. The number of likely N-dealkylation sites (tertiary alicyclic amines) is 1. The fourth-order valence-electron chi connectivity index (χ4n) is 3.41. The maximum atomic E-state index is 12.3. The molecule has 0 spiro atoms. The molecule has 1 aromatic rings. The molecule has 5 heteroatoms. The van der Waals surface area contributed by atoms with E-state index in [0.717, 1.165) is 44.1 Å². The Labute approximate surface area is 131 Å². The highest BCUT2D eigenvalue weighted by molar-refractivity contribution is 5.90. The van der Waals surface area contributed by atoms with Gasteiger partial charge in [0.15, 0.2) is 0 Å². The zero-order valence-electron chi connectivity index (χ0n) is 13.2. The van der Waals surface area contributed by atoms with Crippen LogP contribution in [0.5, 0.6) is 0 Å². The number of benzene rings is 1. The van der Waals surface area contributed by atoms with Gasteiger partial charge in [0.2, 0.25) is 0 Å². The summed E-state index contributed by atoms with van der Waals surface area (Å²) in [5.41, 5.74) is 2.03. The van der Waals surface area contributed by atoms with Crippen LogP contribution in [-0.2, 0) is 0 Å². The van der Waals surface area contributed by atoms with Crippen LogP contribution in [0, 0.1) is 5.92 Å². The smallest absolute Gasteiger partial charge is 0.322 e. The molecule has 2 fully saturated rings. The van der Waals surface area contributed by atoms with E-state index in [-0.39, 0.29) is 18.7 Å². The summed E-state index contributed by atoms with van der Waals surface area (Å²) < 4.78 is 0. The molecule has 2 atom stereocenters. The molecule has 1 unspecified atom stereocenters. The Morgan fingerprint density at radius 2 is 2.05 bits per heavy atom. The third kappa shape index (κ3) is 3.19. The number of nitrogens with zero attached hydrogens (tertiary/aromatic N) is 2. The minimum atomic E-state index is -0.112. The Hall–Kier alpha value is -1.75. The Morgan fingerprint density at radius 1 is 1.27 bits per heavy atom. The summed E-state index contributed by atoms with van der Waals surface area (Å²) in [7, 11) is 0. The monoisotopic (exact) mass is 303 g/mol. The van der Waals surface area contributed by atoms with Crippen LogP contribution in [0.15, 0.2) is 24.3 Å². The fraction of sp³-hybridized carbons (Fsp3) is 0.588. The van der Waals surface area contributed by atoms with Gasteiger partial charge in [0.05, 0.1) is 12.6 Å². The van der Waals surface area contributed by atoms with E-state index in [1.807, 2.05) is 12.1 Å². The zero-order chi connectivity index (χ0) is 15.5. The average Bonchev–Trinajstić information content (AvgIpc) is 3.16. The Balaban J connectivity index is 1.60. The van der Waals surface area contributed by atoms with Gasteiger partial charge in [-0.25, -0.2) is 4.79 Å². The quantitative estimate of drug-likeness (QED) is 0.902. The van der Waals surface area contributed by atoms with E-state index in [9.17, 15) is 9.90 Å². The number of rotatable bonds is 3. The van der Waals surface area contributed by atoms with Crippen molar-refractivity contribution in [3.05, 3.63) is 24.3 Å². The van der Waals surface area contributed by atoms with Gasteiger partial charge in [-0.2, -0.15) is 0 Å². The minimum absolute atomic E-state index is 0.0367. The highest BCUT2D eigenvalue weighted by Gasteiger charge is 2.28. The molecule has 2 N–H and O–H groups in total. The van der Waals surface area contributed by atoms with Crippen LogP contribution in [0.3, 0.4) is 0 Å². The molecule has 3 rings (SSSR count). The molecule has 0 saturated carbocycles. The SMILES string of the molecule is CC1CCN(c2ccc(NC(=O)N3CCC[C@@H]3CO)cc2)C1. The van der Waals surface area contributed by atoms with E-state index in [0.29, 0.717) is 0 Å². The minimum Gasteiger partial charge on any atom is -0.394 e. The van der Waals surface area contributed by atoms with Gasteiger partial charge in [-0.1, -0.05) is 6.92 Å². The molecule has 0 bridgehead atoms. The van der Waals surface area contributed by atoms with Gasteiger partial charge in [0.1, 0.15) is 0 Å². The van der Waals surface area contributed by atoms with Crippen molar-refractivity contribution in [3.63, 3.8) is 0 Å². The van der Waals surface area contributed by atoms with Crippen molar-refractivity contribution in [1.82, 2.24) is 4.90 Å². The van der Waals surface area contributed by atoms with Crippen LogP contribution in [0.2, 0.25) is 0 Å². The van der Waals surface area contributed by atoms with E-state index < -0.39 is 0 Å². The fourth-order valence-corrected chi connectivity index (χ4v) is 3.41. The molecule has 2 aliphatic heterocycles. The van der Waals surface area contributed by atoms with Gasteiger partial charge in [0, 0.05) is 31.0 Å². The normalized spacial score (nSPS) is 24.8. The summed E-state index contributed by atoms with van der Waals surface area (Å²) in [4.78, 5) is 16.4. The highest BCUT2D eigenvalue weighted by Crippen LogP contribution is 2.25. The number of carbonyl (C=O) groups is 1. The summed E-state index contributed by atoms with van der Waals surface area (Å²) >= 11 is 0. The molecule has 0 radical (unpaired) electrons. The maximum absolute atomic E-state index is 12.3. The summed E-state index contributed by atoms with van der Waals surface area (Å²) in [6.45, 7) is 5.26. The Morgan fingerprint density at radius 3 is 2.68 bits per heavy atom. The topological polar surface area (TPSA) is 55.8 Å². The van der Waals surface area contributed by atoms with Crippen LogP contribution in [0.1, 0.15) is 26.2 Å². The first kappa shape index (κ1) is 15.2. The summed E-state index contributed by atoms with van der Waals surface area (Å²) in [5, 5.41) is 12.2. The second-order valence-electron chi connectivity index (χ2n) is 6.49. The zero-order valence-corrected chi connectivity index (χ0v) is 13.2. The predicted molar refractivity (Wildman–Crippen MR) is 88.3 cm³/mol. The second-order valence-corrected chi connectivity index (χ2v) is 6.49. The van der Waals surface area contributed by atoms with E-state index in [1.54, 1.807) is 4.90 Å². The van der Waals surface area contributed by atoms with Gasteiger partial charge in [-0.3, -0.25) is 0 Å². The van der Waals surface area contributed by atoms with Gasteiger partial charge < -0.3 is 20.2 Å². The van der Waals surface area contributed by atoms with Crippen LogP contribution >= 0.6 is 0 Å². The van der Waals surface area contributed by atoms with Gasteiger partial charge in [-0.15, -0.1) is 0 Å². The number of aliphatic hydroxyl groups excluding tert-OH is 1. The van der Waals surface area contributed by atoms with E-state index in [1.165, 1.54) is 12.1 Å². The second kappa shape index (κ2) is 6.57. The lowest BCUT2D eigenvalue weighted by Gasteiger charge is -2.23. The van der Waals surface area contributed by atoms with Crippen molar-refractivity contribution < 1.29 is 9.90 Å². The number of carbonyl (C=O) groups excluding carboxylic acids is 1. The van der Waals surface area contributed by atoms with Crippen LogP contribution in [-0.4, -0.2) is 48.3 Å². The van der Waals surface area contributed by atoms with Crippen LogP contribution < -0.4 is 10.2 Å². The van der Waals surface area contributed by atoms with Crippen LogP contribution in [0.4, 0.5) is 16.2 Å². The third-order valence-electron chi connectivity index (χ3n) is 4.76. The van der Waals surface area contributed by atoms with Gasteiger partial charge in [0.25, 0.3) is 0 Å². The predicted octanol–water partition coefficient (Wildman–Crippen LogP) is 2.52. The summed E-state index contributed by atoms with van der Waals surface area (Å²) in [6, 6.07) is 7.91. The first-order valence-electron chi connectivity index (χ1n) is 8.21. The number of hydrogen-bond donors (Lipinski definition) is 2. The van der Waals surface area contributed by atoms with Crippen LogP contribution in [0.25, 0.3) is 0 Å². The number of nitrogens with one attached hydrogen (secondary N) is 1. The lowest BCUT2D eigenvalue weighted by Crippen LogP contribution is -2.40. The lowest BCUT2D eigenvalue weighted by molar-refractivity contribution is 0.166. The molecule has 2 amide bonds. The molecular formula is C17H25N3O2. The van der Waals surface area contributed by atoms with E-state index in [4.69, 9.17) is 0 Å². The number of anilines is 2. The molecule has 2 heterocycles. The van der Waals surface area contributed by atoms with Gasteiger partial charge in [-0.05, 0) is 49.4 Å². The van der Waals surface area contributed by atoms with Crippen molar-refractivity contribution in [1.29, 1.82) is 0 Å². The molecule has 2 saturated heterocycles. The number of urea groups is 1. The molecule has 1 aromatic carbocycles. The number of aliphatic hydroxyl groups is 1. The largest absolute Gasteiger partial charge is 0.394 e. The third-order valence-corrected chi connectivity index (χ3v) is 4.76. The first-order valence-corrected chi connectivity index (χ1v) is 8.21. The average molecular weight is 303 g/mol. The van der Waals surface area contributed by atoms with Crippen molar-refractivity contribution in [2.24, 2.45) is 5.92 Å². The molecule has 120 valence electrons.